The van der Waals surface area contributed by atoms with Gasteiger partial charge in [0.2, 0.25) is 0 Å². The van der Waals surface area contributed by atoms with Crippen LogP contribution >= 0.6 is 0 Å². The molecule has 1 saturated heterocycles. The molecule has 2 aliphatic rings. The van der Waals surface area contributed by atoms with Gasteiger partial charge in [-0.2, -0.15) is 5.26 Å². The van der Waals surface area contributed by atoms with Crippen molar-refractivity contribution in [1.29, 1.82) is 5.26 Å². The third kappa shape index (κ3) is 1.75. The van der Waals surface area contributed by atoms with E-state index in [-0.39, 0.29) is 5.92 Å². The summed E-state index contributed by atoms with van der Waals surface area (Å²) in [6.07, 6.45) is 3.89. The Bertz CT molecular complexity index is 489. The molecule has 0 bridgehead atoms. The van der Waals surface area contributed by atoms with E-state index in [2.05, 4.69) is 22.9 Å². The molecule has 3 rings (SSSR count). The van der Waals surface area contributed by atoms with Crippen LogP contribution in [0.4, 0.5) is 5.82 Å². The van der Waals surface area contributed by atoms with Crippen molar-refractivity contribution in [1.82, 2.24) is 4.98 Å². The van der Waals surface area contributed by atoms with Crippen molar-refractivity contribution in [3.63, 3.8) is 0 Å². The number of nitriles is 1. The van der Waals surface area contributed by atoms with Crippen LogP contribution in [0, 0.1) is 23.2 Å². The number of anilines is 1. The number of aromatic nitrogens is 1. The summed E-state index contributed by atoms with van der Waals surface area (Å²) < 4.78 is 0. The van der Waals surface area contributed by atoms with Gasteiger partial charge in [0.05, 0.1) is 11.2 Å². The lowest BCUT2D eigenvalue weighted by molar-refractivity contribution is 0.00281. The minimum absolute atomic E-state index is 0.280. The zero-order valence-corrected chi connectivity index (χ0v) is 10.5. The third-order valence-electron chi connectivity index (χ3n) is 4.28. The average Bonchev–Trinajstić information content (AvgIpc) is 3.18. The Morgan fingerprint density at radius 1 is 1.50 bits per heavy atom. The summed E-state index contributed by atoms with van der Waals surface area (Å²) in [5.41, 5.74) is 0.0266. The molecule has 1 saturated carbocycles. The molecule has 94 valence electrons. The van der Waals surface area contributed by atoms with E-state index in [0.717, 1.165) is 25.2 Å². The van der Waals surface area contributed by atoms with Gasteiger partial charge in [0.25, 0.3) is 0 Å². The van der Waals surface area contributed by atoms with Crippen LogP contribution in [0.5, 0.6) is 0 Å². The Kier molecular flexibility index (Phi) is 2.53. The summed E-state index contributed by atoms with van der Waals surface area (Å²) in [7, 11) is 0. The molecule has 1 aromatic rings. The van der Waals surface area contributed by atoms with Crippen LogP contribution in [0.3, 0.4) is 0 Å². The second kappa shape index (κ2) is 3.96. The number of pyridine rings is 1. The number of aliphatic hydroxyl groups is 1. The van der Waals surface area contributed by atoms with Crippen molar-refractivity contribution in [2.45, 2.75) is 25.4 Å². The molecule has 0 unspecified atom stereocenters. The first-order chi connectivity index (χ1) is 8.63. The second-order valence-electron chi connectivity index (χ2n) is 5.56. The van der Waals surface area contributed by atoms with Gasteiger partial charge in [-0.3, -0.25) is 0 Å². The fourth-order valence-corrected chi connectivity index (χ4v) is 2.94. The van der Waals surface area contributed by atoms with E-state index in [1.807, 2.05) is 6.07 Å². The van der Waals surface area contributed by atoms with E-state index in [1.165, 1.54) is 0 Å². The quantitative estimate of drug-likeness (QED) is 0.856. The standard InChI is InChI=1S/C14H17N3O/c1-10-8-17(9-14(10,18)12-3-4-12)13-5-2-11(6-15)7-16-13/h2,5,7,10,12,18H,3-4,8-9H2,1H3/t10-,14+/m1/s1. The van der Waals surface area contributed by atoms with Gasteiger partial charge >= 0.3 is 0 Å². The highest BCUT2D eigenvalue weighted by Gasteiger charge is 2.52. The van der Waals surface area contributed by atoms with Gasteiger partial charge in [-0.05, 0) is 30.9 Å². The van der Waals surface area contributed by atoms with Crippen molar-refractivity contribution in [3.05, 3.63) is 23.9 Å². The summed E-state index contributed by atoms with van der Waals surface area (Å²) in [5.74, 6) is 1.61. The number of hydrogen-bond acceptors (Lipinski definition) is 4. The maximum Gasteiger partial charge on any atom is 0.128 e. The number of hydrogen-bond donors (Lipinski definition) is 1. The molecule has 2 heterocycles. The van der Waals surface area contributed by atoms with E-state index in [9.17, 15) is 5.11 Å². The summed E-state index contributed by atoms with van der Waals surface area (Å²) in [4.78, 5) is 6.43. The molecule has 0 aromatic carbocycles. The van der Waals surface area contributed by atoms with Crippen molar-refractivity contribution in [3.8, 4) is 6.07 Å². The molecule has 4 nitrogen and oxygen atoms in total. The van der Waals surface area contributed by atoms with Crippen LogP contribution in [0.25, 0.3) is 0 Å². The minimum Gasteiger partial charge on any atom is -0.387 e. The summed E-state index contributed by atoms with van der Waals surface area (Å²) >= 11 is 0. The molecular formula is C14H17N3O. The highest BCUT2D eigenvalue weighted by atomic mass is 16.3. The Balaban J connectivity index is 1.80. The third-order valence-corrected chi connectivity index (χ3v) is 4.28. The first-order valence-electron chi connectivity index (χ1n) is 6.47. The predicted octanol–water partition coefficient (Wildman–Crippen LogP) is 1.55. The van der Waals surface area contributed by atoms with Gasteiger partial charge in [0.15, 0.2) is 0 Å². The summed E-state index contributed by atoms with van der Waals surface area (Å²) in [6.45, 7) is 3.62. The zero-order chi connectivity index (χ0) is 12.8. The Morgan fingerprint density at radius 3 is 2.83 bits per heavy atom. The number of rotatable bonds is 2. The lowest BCUT2D eigenvalue weighted by atomic mass is 9.88. The second-order valence-corrected chi connectivity index (χ2v) is 5.56. The molecule has 0 amide bonds. The van der Waals surface area contributed by atoms with Gasteiger partial charge < -0.3 is 10.0 Å². The summed E-state index contributed by atoms with van der Waals surface area (Å²) in [6, 6.07) is 5.71. The normalized spacial score (nSPS) is 31.4. The van der Waals surface area contributed by atoms with Gasteiger partial charge in [-0.15, -0.1) is 0 Å². The molecule has 1 aromatic heterocycles. The molecule has 1 aliphatic carbocycles. The lowest BCUT2D eigenvalue weighted by Gasteiger charge is -2.26. The molecule has 1 aliphatic heterocycles. The Morgan fingerprint density at radius 2 is 2.28 bits per heavy atom. The molecule has 2 fully saturated rings. The van der Waals surface area contributed by atoms with E-state index >= 15 is 0 Å². The van der Waals surface area contributed by atoms with Gasteiger partial charge in [0, 0.05) is 25.2 Å². The van der Waals surface area contributed by atoms with Crippen LogP contribution in [-0.2, 0) is 0 Å². The topological polar surface area (TPSA) is 60.2 Å². The van der Waals surface area contributed by atoms with Crippen molar-refractivity contribution in [2.75, 3.05) is 18.0 Å². The lowest BCUT2D eigenvalue weighted by Crippen LogP contribution is -2.39. The van der Waals surface area contributed by atoms with Crippen molar-refractivity contribution in [2.24, 2.45) is 11.8 Å². The molecule has 0 radical (unpaired) electrons. The SMILES string of the molecule is C[C@@H]1CN(c2ccc(C#N)cn2)C[C@@]1(O)C1CC1. The highest BCUT2D eigenvalue weighted by molar-refractivity contribution is 5.44. The summed E-state index contributed by atoms with van der Waals surface area (Å²) in [5, 5.41) is 19.5. The average molecular weight is 243 g/mol. The van der Waals surface area contributed by atoms with Crippen molar-refractivity contribution >= 4 is 5.82 Å². The van der Waals surface area contributed by atoms with Crippen LogP contribution in [-0.4, -0.2) is 28.8 Å². The number of β-amino-alcohol motifs (C(OH)–C–C–N with tert-alkyl or cyclic N) is 1. The fourth-order valence-electron chi connectivity index (χ4n) is 2.94. The first-order valence-corrected chi connectivity index (χ1v) is 6.47. The van der Waals surface area contributed by atoms with E-state index < -0.39 is 5.60 Å². The number of nitrogens with zero attached hydrogens (tertiary/aromatic N) is 3. The van der Waals surface area contributed by atoms with E-state index in [0.29, 0.717) is 18.0 Å². The monoisotopic (exact) mass is 243 g/mol. The van der Waals surface area contributed by atoms with Gasteiger partial charge in [-0.25, -0.2) is 4.98 Å². The minimum atomic E-state index is -0.546. The molecule has 18 heavy (non-hydrogen) atoms. The highest BCUT2D eigenvalue weighted by Crippen LogP contribution is 2.47. The maximum absolute atomic E-state index is 10.7. The fraction of sp³-hybridized carbons (Fsp3) is 0.571. The van der Waals surface area contributed by atoms with Crippen LogP contribution in [0.1, 0.15) is 25.3 Å². The Labute approximate surface area is 107 Å². The zero-order valence-electron chi connectivity index (χ0n) is 10.5. The predicted molar refractivity (Wildman–Crippen MR) is 68.0 cm³/mol. The van der Waals surface area contributed by atoms with Crippen LogP contribution in [0.2, 0.25) is 0 Å². The largest absolute Gasteiger partial charge is 0.387 e. The first kappa shape index (κ1) is 11.5. The Hall–Kier alpha value is -1.60. The molecule has 4 heteroatoms. The molecule has 2 atom stereocenters. The van der Waals surface area contributed by atoms with Crippen LogP contribution < -0.4 is 4.90 Å². The van der Waals surface area contributed by atoms with Crippen molar-refractivity contribution < 1.29 is 5.11 Å². The van der Waals surface area contributed by atoms with E-state index in [4.69, 9.17) is 5.26 Å². The molecule has 0 spiro atoms. The van der Waals surface area contributed by atoms with Crippen LogP contribution in [0.15, 0.2) is 18.3 Å². The van der Waals surface area contributed by atoms with Gasteiger partial charge in [-0.1, -0.05) is 6.92 Å². The molecule has 1 N–H and O–H groups in total. The van der Waals surface area contributed by atoms with Gasteiger partial charge in [0.1, 0.15) is 11.9 Å². The smallest absolute Gasteiger partial charge is 0.128 e. The molecular weight excluding hydrogens is 226 g/mol. The van der Waals surface area contributed by atoms with E-state index in [1.54, 1.807) is 12.3 Å². The maximum atomic E-state index is 10.7.